The quantitative estimate of drug-likeness (QED) is 0.340. The van der Waals surface area contributed by atoms with E-state index < -0.39 is 10.0 Å². The molecule has 0 fully saturated rings. The third-order valence-electron chi connectivity index (χ3n) is 6.67. The fourth-order valence-corrected chi connectivity index (χ4v) is 6.09. The molecule has 1 amide bonds. The molecule has 1 aromatic heterocycles. The molecule has 8 heteroatoms. The van der Waals surface area contributed by atoms with Crippen molar-refractivity contribution in [1.29, 1.82) is 0 Å². The highest BCUT2D eigenvalue weighted by Crippen LogP contribution is 2.29. The van der Waals surface area contributed by atoms with E-state index in [1.54, 1.807) is 12.1 Å². The molecule has 184 valence electrons. The van der Waals surface area contributed by atoms with Crippen molar-refractivity contribution in [2.75, 3.05) is 11.9 Å². The van der Waals surface area contributed by atoms with Crippen LogP contribution < -0.4 is 5.32 Å². The van der Waals surface area contributed by atoms with E-state index in [9.17, 15) is 13.2 Å². The van der Waals surface area contributed by atoms with Gasteiger partial charge < -0.3 is 10.3 Å². The van der Waals surface area contributed by atoms with Gasteiger partial charge in [-0.1, -0.05) is 48.5 Å². The van der Waals surface area contributed by atoms with Crippen molar-refractivity contribution in [3.63, 3.8) is 0 Å². The Labute approximate surface area is 214 Å². The zero-order valence-electron chi connectivity index (χ0n) is 19.9. The van der Waals surface area contributed by atoms with E-state index in [0.717, 1.165) is 22.2 Å². The Morgan fingerprint density at radius 2 is 1.54 bits per heavy atom. The molecule has 6 rings (SSSR count). The van der Waals surface area contributed by atoms with E-state index in [4.69, 9.17) is 0 Å². The fourth-order valence-electron chi connectivity index (χ4n) is 4.68. The van der Waals surface area contributed by atoms with Crippen LogP contribution in [-0.4, -0.2) is 35.1 Å². The maximum atomic E-state index is 13.3. The van der Waals surface area contributed by atoms with Gasteiger partial charge in [-0.25, -0.2) is 13.4 Å². The molecule has 0 aliphatic carbocycles. The Bertz CT molecular complexity index is 1690. The molecule has 37 heavy (non-hydrogen) atoms. The minimum absolute atomic E-state index is 0.172. The number of carbonyl (C=O) groups excluding carboxylic acids is 1. The second kappa shape index (κ2) is 9.31. The van der Waals surface area contributed by atoms with Crippen LogP contribution in [0.4, 0.5) is 5.69 Å². The molecule has 0 spiro atoms. The molecule has 0 atom stereocenters. The van der Waals surface area contributed by atoms with Crippen molar-refractivity contribution >= 4 is 32.7 Å². The van der Waals surface area contributed by atoms with E-state index in [2.05, 4.69) is 15.3 Å². The Balaban J connectivity index is 1.21. The van der Waals surface area contributed by atoms with Crippen LogP contribution in [0.5, 0.6) is 0 Å². The van der Waals surface area contributed by atoms with E-state index >= 15 is 0 Å². The number of nitrogens with zero attached hydrogens (tertiary/aromatic N) is 2. The molecule has 0 saturated heterocycles. The number of rotatable bonds is 5. The van der Waals surface area contributed by atoms with Crippen LogP contribution in [0, 0.1) is 0 Å². The molecule has 0 unspecified atom stereocenters. The molecule has 5 aromatic rings. The van der Waals surface area contributed by atoms with Crippen molar-refractivity contribution in [3.05, 3.63) is 114 Å². The largest absolute Gasteiger partial charge is 0.338 e. The van der Waals surface area contributed by atoms with Crippen LogP contribution in [0.15, 0.2) is 102 Å². The molecule has 2 heterocycles. The number of nitrogens with one attached hydrogen (secondary N) is 2. The molecule has 1 aliphatic heterocycles. The van der Waals surface area contributed by atoms with Gasteiger partial charge in [0, 0.05) is 24.2 Å². The molecule has 2 N–H and O–H groups in total. The van der Waals surface area contributed by atoms with Crippen molar-refractivity contribution in [2.24, 2.45) is 0 Å². The monoisotopic (exact) mass is 508 g/mol. The number of anilines is 1. The van der Waals surface area contributed by atoms with Crippen molar-refractivity contribution < 1.29 is 13.2 Å². The second-order valence-corrected chi connectivity index (χ2v) is 10.9. The van der Waals surface area contributed by atoms with E-state index in [0.29, 0.717) is 36.6 Å². The van der Waals surface area contributed by atoms with Crippen LogP contribution >= 0.6 is 0 Å². The van der Waals surface area contributed by atoms with Crippen molar-refractivity contribution in [2.45, 2.75) is 17.9 Å². The van der Waals surface area contributed by atoms with Gasteiger partial charge >= 0.3 is 0 Å². The Morgan fingerprint density at radius 1 is 0.838 bits per heavy atom. The average molecular weight is 509 g/mol. The summed E-state index contributed by atoms with van der Waals surface area (Å²) in [4.78, 5) is 21.2. The van der Waals surface area contributed by atoms with Crippen LogP contribution in [0.3, 0.4) is 0 Å². The summed E-state index contributed by atoms with van der Waals surface area (Å²) in [5.74, 6) is 0.320. The number of aromatic amines is 1. The van der Waals surface area contributed by atoms with Gasteiger partial charge in [-0.3, -0.25) is 4.79 Å². The first-order chi connectivity index (χ1) is 18.0. The topological polar surface area (TPSA) is 95.2 Å². The van der Waals surface area contributed by atoms with Gasteiger partial charge in [0.15, 0.2) is 0 Å². The lowest BCUT2D eigenvalue weighted by atomic mass is 10.0. The number of benzene rings is 4. The first kappa shape index (κ1) is 23.1. The number of H-pyrrole nitrogens is 1. The summed E-state index contributed by atoms with van der Waals surface area (Å²) in [5.41, 5.74) is 5.69. The second-order valence-electron chi connectivity index (χ2n) is 8.98. The molecule has 0 saturated carbocycles. The standard InChI is InChI=1S/C29H24N4O3S/c34-29(32-25-10-4-3-9-24(25)28-30-26-11-5-6-12-27(26)31-28)21-13-15-23(16-14-21)37(35,36)33-18-17-20-7-1-2-8-22(20)19-33/h1-16H,17-19H2,(H,30,31)(H,32,34). The van der Waals surface area contributed by atoms with Gasteiger partial charge in [0.05, 0.1) is 21.6 Å². The Kier molecular flexibility index (Phi) is 5.82. The van der Waals surface area contributed by atoms with Gasteiger partial charge in [0.25, 0.3) is 5.91 Å². The summed E-state index contributed by atoms with van der Waals surface area (Å²) in [5, 5.41) is 2.94. The van der Waals surface area contributed by atoms with Crippen molar-refractivity contribution in [1.82, 2.24) is 14.3 Å². The molecular weight excluding hydrogens is 484 g/mol. The summed E-state index contributed by atoms with van der Waals surface area (Å²) in [6, 6.07) is 29.2. The molecule has 7 nitrogen and oxygen atoms in total. The normalized spacial score (nSPS) is 13.8. The maximum absolute atomic E-state index is 13.3. The minimum Gasteiger partial charge on any atom is -0.338 e. The summed E-state index contributed by atoms with van der Waals surface area (Å²) in [6.07, 6.45) is 0.681. The predicted molar refractivity (Wildman–Crippen MR) is 144 cm³/mol. The lowest BCUT2D eigenvalue weighted by molar-refractivity contribution is 0.102. The zero-order chi connectivity index (χ0) is 25.4. The molecule has 4 aromatic carbocycles. The Hall–Kier alpha value is -4.27. The third-order valence-corrected chi connectivity index (χ3v) is 8.53. The number of fused-ring (bicyclic) bond motifs is 2. The lowest BCUT2D eigenvalue weighted by Gasteiger charge is -2.28. The Morgan fingerprint density at radius 3 is 2.35 bits per heavy atom. The SMILES string of the molecule is O=C(Nc1ccccc1-c1nc2ccccc2[nH]1)c1ccc(S(=O)(=O)N2CCc3ccccc3C2)cc1. The van der Waals surface area contributed by atoms with E-state index in [1.807, 2.05) is 72.8 Å². The highest BCUT2D eigenvalue weighted by atomic mass is 32.2. The molecular formula is C29H24N4O3S. The highest BCUT2D eigenvalue weighted by molar-refractivity contribution is 7.89. The van der Waals surface area contributed by atoms with Crippen LogP contribution in [0.1, 0.15) is 21.5 Å². The first-order valence-corrected chi connectivity index (χ1v) is 13.5. The van der Waals surface area contributed by atoms with Gasteiger partial charge in [-0.2, -0.15) is 4.31 Å². The van der Waals surface area contributed by atoms with Gasteiger partial charge in [-0.15, -0.1) is 0 Å². The highest BCUT2D eigenvalue weighted by Gasteiger charge is 2.28. The van der Waals surface area contributed by atoms with Gasteiger partial charge in [-0.05, 0) is 66.1 Å². The van der Waals surface area contributed by atoms with Crippen LogP contribution in [0.25, 0.3) is 22.4 Å². The number of aromatic nitrogens is 2. The zero-order valence-corrected chi connectivity index (χ0v) is 20.7. The smallest absolute Gasteiger partial charge is 0.255 e. The summed E-state index contributed by atoms with van der Waals surface area (Å²) < 4.78 is 28.0. The molecule has 1 aliphatic rings. The average Bonchev–Trinajstić information content (AvgIpc) is 3.37. The first-order valence-electron chi connectivity index (χ1n) is 12.0. The number of para-hydroxylation sites is 3. The predicted octanol–water partition coefficient (Wildman–Crippen LogP) is 5.23. The molecule has 0 radical (unpaired) electrons. The minimum atomic E-state index is -3.67. The number of sulfonamides is 1. The van der Waals surface area contributed by atoms with Crippen LogP contribution in [-0.2, 0) is 23.0 Å². The van der Waals surface area contributed by atoms with Gasteiger partial charge in [0.1, 0.15) is 5.82 Å². The van der Waals surface area contributed by atoms with Crippen LogP contribution in [0.2, 0.25) is 0 Å². The van der Waals surface area contributed by atoms with Gasteiger partial charge in [0.2, 0.25) is 10.0 Å². The lowest BCUT2D eigenvalue weighted by Crippen LogP contribution is -2.35. The third kappa shape index (κ3) is 4.41. The number of imidazole rings is 1. The van der Waals surface area contributed by atoms with Crippen molar-refractivity contribution in [3.8, 4) is 11.4 Å². The number of amides is 1. The van der Waals surface area contributed by atoms with E-state index in [1.165, 1.54) is 22.0 Å². The van der Waals surface area contributed by atoms with E-state index in [-0.39, 0.29) is 10.8 Å². The molecule has 0 bridgehead atoms. The summed E-state index contributed by atoms with van der Waals surface area (Å²) in [7, 11) is -3.67. The number of hydrogen-bond acceptors (Lipinski definition) is 4. The number of hydrogen-bond donors (Lipinski definition) is 2. The summed E-state index contributed by atoms with van der Waals surface area (Å²) >= 11 is 0. The summed E-state index contributed by atoms with van der Waals surface area (Å²) in [6.45, 7) is 0.777. The number of carbonyl (C=O) groups is 1. The maximum Gasteiger partial charge on any atom is 0.255 e. The fraction of sp³-hybridized carbons (Fsp3) is 0.103.